The van der Waals surface area contributed by atoms with Crippen molar-refractivity contribution >= 4 is 17.3 Å². The third-order valence-electron chi connectivity index (χ3n) is 9.82. The molecule has 4 N–H and O–H groups in total. The first kappa shape index (κ1) is 24.4. The minimum Gasteiger partial charge on any atom is -0.459 e. The fourth-order valence-corrected chi connectivity index (χ4v) is 7.93. The number of hydrogen-bond acceptors (Lipinski definition) is 4. The summed E-state index contributed by atoms with van der Waals surface area (Å²) in [4.78, 5) is 12.8. The van der Waals surface area contributed by atoms with E-state index >= 15 is 0 Å². The third kappa shape index (κ3) is 5.20. The van der Waals surface area contributed by atoms with E-state index in [1.54, 1.807) is 18.2 Å². The van der Waals surface area contributed by atoms with Gasteiger partial charge in [-0.2, -0.15) is 0 Å². The summed E-state index contributed by atoms with van der Waals surface area (Å²) in [5, 5.41) is 0. The molecule has 4 rings (SSSR count). The zero-order chi connectivity index (χ0) is 23.6. The van der Waals surface area contributed by atoms with Crippen molar-refractivity contribution in [3.8, 4) is 0 Å². The molecule has 4 nitrogen and oxygen atoms in total. The Morgan fingerprint density at radius 2 is 1.79 bits per heavy atom. The highest BCUT2D eigenvalue weighted by Crippen LogP contribution is 2.60. The lowest BCUT2D eigenvalue weighted by Gasteiger charge is -2.56. The first-order valence-electron chi connectivity index (χ1n) is 13.7. The second kappa shape index (κ2) is 10.3. The first-order chi connectivity index (χ1) is 15.8. The van der Waals surface area contributed by atoms with Crippen LogP contribution in [0.15, 0.2) is 18.2 Å². The highest BCUT2D eigenvalue weighted by atomic mass is 16.5. The second-order valence-corrected chi connectivity index (χ2v) is 11.7. The zero-order valence-electron chi connectivity index (χ0n) is 21.2. The molecule has 7 unspecified atom stereocenters. The molecule has 0 aliphatic heterocycles. The van der Waals surface area contributed by atoms with Crippen LogP contribution in [-0.4, -0.2) is 12.1 Å². The van der Waals surface area contributed by atoms with E-state index in [1.165, 1.54) is 64.2 Å². The summed E-state index contributed by atoms with van der Waals surface area (Å²) in [5.74, 6) is 4.03. The number of carbonyl (C=O) groups excluding carboxylic acids is 1. The molecule has 3 saturated carbocycles. The number of nitrogens with two attached hydrogens (primary N) is 2. The smallest absolute Gasteiger partial charge is 0.338 e. The molecule has 33 heavy (non-hydrogen) atoms. The molecule has 1 aromatic carbocycles. The average Bonchev–Trinajstić information content (AvgIpc) is 3.26. The van der Waals surface area contributed by atoms with Gasteiger partial charge < -0.3 is 16.2 Å². The zero-order valence-corrected chi connectivity index (χ0v) is 21.2. The average molecular weight is 455 g/mol. The van der Waals surface area contributed by atoms with E-state index in [-0.39, 0.29) is 12.1 Å². The molecule has 184 valence electrons. The molecular weight excluding hydrogens is 408 g/mol. The van der Waals surface area contributed by atoms with Crippen LogP contribution in [0.2, 0.25) is 0 Å². The molecule has 0 aromatic heterocycles. The van der Waals surface area contributed by atoms with E-state index in [2.05, 4.69) is 20.8 Å². The highest BCUT2D eigenvalue weighted by Gasteiger charge is 2.52. The lowest BCUT2D eigenvalue weighted by Crippen LogP contribution is -2.49. The van der Waals surface area contributed by atoms with Crippen LogP contribution in [0.25, 0.3) is 0 Å². The lowest BCUT2D eigenvalue weighted by atomic mass is 9.49. The maximum absolute atomic E-state index is 12.8. The summed E-state index contributed by atoms with van der Waals surface area (Å²) in [6.45, 7) is 7.30. The Hall–Kier alpha value is -1.71. The first-order valence-corrected chi connectivity index (χ1v) is 13.7. The van der Waals surface area contributed by atoms with Crippen LogP contribution >= 0.6 is 0 Å². The third-order valence-corrected chi connectivity index (χ3v) is 9.82. The number of nitrogen functional groups attached to an aromatic ring is 2. The van der Waals surface area contributed by atoms with Crippen molar-refractivity contribution in [3.63, 3.8) is 0 Å². The molecule has 0 radical (unpaired) electrons. The Balaban J connectivity index is 1.44. The van der Waals surface area contributed by atoms with Gasteiger partial charge in [0.25, 0.3) is 0 Å². The van der Waals surface area contributed by atoms with E-state index in [1.807, 2.05) is 0 Å². The molecule has 0 bridgehead atoms. The maximum Gasteiger partial charge on any atom is 0.338 e. The summed E-state index contributed by atoms with van der Waals surface area (Å²) >= 11 is 0. The highest BCUT2D eigenvalue weighted by molar-refractivity contribution is 5.91. The molecule has 0 amide bonds. The molecule has 0 saturated heterocycles. The van der Waals surface area contributed by atoms with Crippen LogP contribution < -0.4 is 11.5 Å². The van der Waals surface area contributed by atoms with Gasteiger partial charge in [-0.1, -0.05) is 46.5 Å². The molecule has 3 fully saturated rings. The van der Waals surface area contributed by atoms with Crippen molar-refractivity contribution in [2.45, 2.75) is 104 Å². The summed E-state index contributed by atoms with van der Waals surface area (Å²) in [7, 11) is 0. The van der Waals surface area contributed by atoms with Gasteiger partial charge >= 0.3 is 5.97 Å². The Labute approximate surface area is 201 Å². The van der Waals surface area contributed by atoms with Gasteiger partial charge in [-0.25, -0.2) is 4.79 Å². The molecule has 4 heteroatoms. The van der Waals surface area contributed by atoms with Crippen molar-refractivity contribution in [2.24, 2.45) is 35.0 Å². The van der Waals surface area contributed by atoms with Crippen molar-refractivity contribution in [2.75, 3.05) is 11.5 Å². The van der Waals surface area contributed by atoms with Gasteiger partial charge in [0.1, 0.15) is 6.10 Å². The van der Waals surface area contributed by atoms with Crippen molar-refractivity contribution in [1.82, 2.24) is 0 Å². The number of benzene rings is 1. The van der Waals surface area contributed by atoms with Crippen LogP contribution in [0.5, 0.6) is 0 Å². The molecule has 3 aliphatic carbocycles. The second-order valence-electron chi connectivity index (χ2n) is 11.7. The van der Waals surface area contributed by atoms with Gasteiger partial charge in [0, 0.05) is 11.4 Å². The summed E-state index contributed by atoms with van der Waals surface area (Å²) < 4.78 is 6.00. The monoisotopic (exact) mass is 454 g/mol. The summed E-state index contributed by atoms with van der Waals surface area (Å²) in [6, 6.07) is 5.01. The lowest BCUT2D eigenvalue weighted by molar-refractivity contribution is -0.0908. The van der Waals surface area contributed by atoms with Gasteiger partial charge in [-0.15, -0.1) is 0 Å². The molecular formula is C29H46N2O2. The van der Waals surface area contributed by atoms with Gasteiger partial charge in [-0.05, 0) is 105 Å². The van der Waals surface area contributed by atoms with Crippen LogP contribution in [-0.2, 0) is 4.74 Å². The molecule has 3 aliphatic rings. The Morgan fingerprint density at radius 3 is 2.45 bits per heavy atom. The SMILES string of the molecule is CCCCC1C(C2CCC(CC)C2)CCC2CC(OC(=O)c3cc(N)cc(N)c3)CCC21C. The van der Waals surface area contributed by atoms with Gasteiger partial charge in [0.15, 0.2) is 0 Å². The molecule has 0 heterocycles. The maximum atomic E-state index is 12.8. The number of carbonyl (C=O) groups is 1. The number of rotatable bonds is 7. The van der Waals surface area contributed by atoms with Gasteiger partial charge in [0.2, 0.25) is 0 Å². The van der Waals surface area contributed by atoms with E-state index < -0.39 is 0 Å². The van der Waals surface area contributed by atoms with Gasteiger partial charge in [0.05, 0.1) is 5.56 Å². The molecule has 1 aromatic rings. The number of ether oxygens (including phenoxy) is 1. The fourth-order valence-electron chi connectivity index (χ4n) is 7.93. The number of unbranched alkanes of at least 4 members (excludes halogenated alkanes) is 1. The largest absolute Gasteiger partial charge is 0.459 e. The van der Waals surface area contributed by atoms with E-state index in [9.17, 15) is 4.79 Å². The molecule has 0 spiro atoms. The summed E-state index contributed by atoms with van der Waals surface area (Å²) in [6.07, 6.45) is 15.6. The predicted octanol–water partition coefficient (Wildman–Crippen LogP) is 7.23. The number of anilines is 2. The van der Waals surface area contributed by atoms with Crippen LogP contribution in [0.1, 0.15) is 108 Å². The number of fused-ring (bicyclic) bond motifs is 1. The quantitative estimate of drug-likeness (QED) is 0.336. The van der Waals surface area contributed by atoms with Crippen molar-refractivity contribution < 1.29 is 9.53 Å². The number of hydrogen-bond donors (Lipinski definition) is 2. The summed E-state index contributed by atoms with van der Waals surface area (Å²) in [5.41, 5.74) is 13.6. The molecule has 7 atom stereocenters. The van der Waals surface area contributed by atoms with Crippen LogP contribution in [0.4, 0.5) is 11.4 Å². The van der Waals surface area contributed by atoms with E-state index in [0.717, 1.165) is 36.5 Å². The minimum atomic E-state index is -0.282. The van der Waals surface area contributed by atoms with Crippen molar-refractivity contribution in [3.05, 3.63) is 23.8 Å². The Kier molecular flexibility index (Phi) is 7.60. The van der Waals surface area contributed by atoms with E-state index in [0.29, 0.717) is 28.3 Å². The minimum absolute atomic E-state index is 0.0116. The topological polar surface area (TPSA) is 78.3 Å². The standard InChI is InChI=1S/C29H46N2O2/c1-4-6-7-27-26(20-9-8-19(5-2)14-20)11-10-22-17-25(12-13-29(22,27)3)33-28(32)21-15-23(30)18-24(31)16-21/h15-16,18-20,22,25-27H,4-14,17,30-31H2,1-3H3. The van der Waals surface area contributed by atoms with E-state index in [4.69, 9.17) is 16.2 Å². The van der Waals surface area contributed by atoms with Crippen LogP contribution in [0.3, 0.4) is 0 Å². The Bertz CT molecular complexity index is 804. The van der Waals surface area contributed by atoms with Crippen LogP contribution in [0, 0.1) is 35.0 Å². The Morgan fingerprint density at radius 1 is 1.03 bits per heavy atom. The normalized spacial score (nSPS) is 36.3. The van der Waals surface area contributed by atoms with Gasteiger partial charge in [-0.3, -0.25) is 0 Å². The number of esters is 1. The van der Waals surface area contributed by atoms with Crippen molar-refractivity contribution in [1.29, 1.82) is 0 Å². The predicted molar refractivity (Wildman–Crippen MR) is 137 cm³/mol. The fraction of sp³-hybridized carbons (Fsp3) is 0.759.